The Morgan fingerprint density at radius 1 is 1.10 bits per heavy atom. The van der Waals surface area contributed by atoms with Crippen molar-refractivity contribution in [1.82, 2.24) is 10.2 Å². The molecule has 6 nitrogen and oxygen atoms in total. The minimum atomic E-state index is -0.190. The van der Waals surface area contributed by atoms with Gasteiger partial charge in [0, 0.05) is 34.2 Å². The maximum atomic E-state index is 13.2. The van der Waals surface area contributed by atoms with Gasteiger partial charge in [0.25, 0.3) is 11.8 Å². The van der Waals surface area contributed by atoms with Crippen molar-refractivity contribution in [3.63, 3.8) is 0 Å². The molecule has 0 aliphatic carbocycles. The topological polar surface area (TPSA) is 65.0 Å². The summed E-state index contributed by atoms with van der Waals surface area (Å²) in [6.45, 7) is 7.41. The summed E-state index contributed by atoms with van der Waals surface area (Å²) < 4.78 is 0. The van der Waals surface area contributed by atoms with Crippen LogP contribution in [0.3, 0.4) is 0 Å². The molecular weight excluding hydrogens is 396 g/mol. The van der Waals surface area contributed by atoms with Gasteiger partial charge in [-0.25, -0.2) is 0 Å². The SMILES string of the molecule is CC(C)=NN1C(=O)c2ccccc2Sc2ccc(C(=O)NCCN3CCCC3)cc21. The van der Waals surface area contributed by atoms with Crippen molar-refractivity contribution in [2.45, 2.75) is 36.5 Å². The third-order valence-electron chi connectivity index (χ3n) is 5.19. The quantitative estimate of drug-likeness (QED) is 0.739. The number of rotatable bonds is 5. The van der Waals surface area contributed by atoms with Gasteiger partial charge in [-0.05, 0) is 70.1 Å². The summed E-state index contributed by atoms with van der Waals surface area (Å²) in [6.07, 6.45) is 2.47. The van der Waals surface area contributed by atoms with Gasteiger partial charge < -0.3 is 10.2 Å². The van der Waals surface area contributed by atoms with E-state index in [2.05, 4.69) is 15.3 Å². The van der Waals surface area contributed by atoms with E-state index in [1.54, 1.807) is 6.07 Å². The lowest BCUT2D eigenvalue weighted by molar-refractivity contribution is 0.0946. The molecular formula is C23H26N4O2S. The average Bonchev–Trinajstić information content (AvgIpc) is 3.22. The molecule has 1 fully saturated rings. The number of likely N-dealkylation sites (tertiary alicyclic amines) is 1. The van der Waals surface area contributed by atoms with Crippen LogP contribution in [0.1, 0.15) is 47.4 Å². The van der Waals surface area contributed by atoms with Gasteiger partial charge in [0.2, 0.25) is 0 Å². The van der Waals surface area contributed by atoms with Gasteiger partial charge in [0.1, 0.15) is 0 Å². The summed E-state index contributed by atoms with van der Waals surface area (Å²) in [7, 11) is 0. The van der Waals surface area contributed by atoms with E-state index in [1.165, 1.54) is 29.6 Å². The van der Waals surface area contributed by atoms with Crippen molar-refractivity contribution < 1.29 is 9.59 Å². The third kappa shape index (κ3) is 4.42. The summed E-state index contributed by atoms with van der Waals surface area (Å²) >= 11 is 1.52. The number of anilines is 1. The summed E-state index contributed by atoms with van der Waals surface area (Å²) in [5.41, 5.74) is 2.54. The Kier molecular flexibility index (Phi) is 6.20. The number of hydrogen-bond donors (Lipinski definition) is 1. The lowest BCUT2D eigenvalue weighted by Crippen LogP contribution is -2.33. The predicted molar refractivity (Wildman–Crippen MR) is 121 cm³/mol. The first-order chi connectivity index (χ1) is 14.5. The lowest BCUT2D eigenvalue weighted by atomic mass is 10.1. The fraction of sp³-hybridized carbons (Fsp3) is 0.348. The van der Waals surface area contributed by atoms with Gasteiger partial charge in [0.05, 0.1) is 11.3 Å². The second kappa shape index (κ2) is 9.02. The standard InChI is InChI=1S/C23H26N4O2S/c1-16(2)25-27-19-15-17(22(28)24-11-14-26-12-5-6-13-26)9-10-21(19)30-20-8-4-3-7-18(20)23(27)29/h3-4,7-10,15H,5-6,11-14H2,1-2H3,(H,24,28). The molecule has 2 aliphatic rings. The van der Waals surface area contributed by atoms with E-state index in [1.807, 2.05) is 50.2 Å². The molecule has 2 amide bonds. The van der Waals surface area contributed by atoms with E-state index in [0.29, 0.717) is 23.4 Å². The Morgan fingerprint density at radius 3 is 2.63 bits per heavy atom. The van der Waals surface area contributed by atoms with Crippen molar-refractivity contribution in [2.24, 2.45) is 5.10 Å². The fourth-order valence-electron chi connectivity index (χ4n) is 3.72. The zero-order chi connectivity index (χ0) is 21.1. The highest BCUT2D eigenvalue weighted by molar-refractivity contribution is 7.99. The van der Waals surface area contributed by atoms with E-state index in [-0.39, 0.29) is 11.8 Å². The largest absolute Gasteiger partial charge is 0.351 e. The summed E-state index contributed by atoms with van der Waals surface area (Å²) in [5, 5.41) is 8.91. The van der Waals surface area contributed by atoms with E-state index in [4.69, 9.17) is 0 Å². The van der Waals surface area contributed by atoms with Crippen molar-refractivity contribution >= 4 is 35.0 Å². The molecule has 0 spiro atoms. The molecule has 0 bridgehead atoms. The number of nitrogens with one attached hydrogen (secondary N) is 1. The minimum Gasteiger partial charge on any atom is -0.351 e. The van der Waals surface area contributed by atoms with Crippen molar-refractivity contribution in [3.05, 3.63) is 53.6 Å². The van der Waals surface area contributed by atoms with Crippen LogP contribution in [0.4, 0.5) is 5.69 Å². The lowest BCUT2D eigenvalue weighted by Gasteiger charge is -2.19. The van der Waals surface area contributed by atoms with Crippen LogP contribution in [0.15, 0.2) is 57.4 Å². The molecule has 0 atom stereocenters. The Morgan fingerprint density at radius 2 is 1.87 bits per heavy atom. The fourth-order valence-corrected chi connectivity index (χ4v) is 4.75. The number of hydrazone groups is 1. The Hall–Kier alpha value is -2.64. The molecule has 30 heavy (non-hydrogen) atoms. The maximum absolute atomic E-state index is 13.2. The Balaban J connectivity index is 1.60. The van der Waals surface area contributed by atoms with E-state index >= 15 is 0 Å². The number of amides is 2. The molecule has 156 valence electrons. The second-order valence-corrected chi connectivity index (χ2v) is 8.83. The van der Waals surface area contributed by atoms with Crippen LogP contribution in [0.2, 0.25) is 0 Å². The number of nitrogens with zero attached hydrogens (tertiary/aromatic N) is 3. The van der Waals surface area contributed by atoms with Crippen LogP contribution in [0, 0.1) is 0 Å². The van der Waals surface area contributed by atoms with Gasteiger partial charge >= 0.3 is 0 Å². The van der Waals surface area contributed by atoms with Gasteiger partial charge in [-0.1, -0.05) is 23.9 Å². The Bertz CT molecular complexity index is 994. The summed E-state index contributed by atoms with van der Waals surface area (Å²) in [5.74, 6) is -0.321. The van der Waals surface area contributed by atoms with Gasteiger partial charge in [-0.15, -0.1) is 0 Å². The van der Waals surface area contributed by atoms with E-state index in [9.17, 15) is 9.59 Å². The molecule has 2 heterocycles. The van der Waals surface area contributed by atoms with Crippen LogP contribution < -0.4 is 10.3 Å². The Labute approximate surface area is 181 Å². The first-order valence-corrected chi connectivity index (χ1v) is 11.1. The first kappa shape index (κ1) is 20.6. The second-order valence-electron chi connectivity index (χ2n) is 7.75. The minimum absolute atomic E-state index is 0.131. The third-order valence-corrected chi connectivity index (χ3v) is 6.33. The van der Waals surface area contributed by atoms with Gasteiger partial charge in [-0.2, -0.15) is 10.1 Å². The van der Waals surface area contributed by atoms with Crippen LogP contribution in [-0.4, -0.2) is 48.6 Å². The smallest absolute Gasteiger partial charge is 0.279 e. The summed E-state index contributed by atoms with van der Waals surface area (Å²) in [4.78, 5) is 30.1. The molecule has 2 aromatic carbocycles. The van der Waals surface area contributed by atoms with Crippen molar-refractivity contribution in [3.8, 4) is 0 Å². The van der Waals surface area contributed by atoms with Crippen molar-refractivity contribution in [2.75, 3.05) is 31.2 Å². The average molecular weight is 423 g/mol. The van der Waals surface area contributed by atoms with Crippen molar-refractivity contribution in [1.29, 1.82) is 0 Å². The number of fused-ring (bicyclic) bond motifs is 2. The zero-order valence-electron chi connectivity index (χ0n) is 17.4. The van der Waals surface area contributed by atoms with E-state index < -0.39 is 0 Å². The number of benzene rings is 2. The molecule has 0 radical (unpaired) electrons. The predicted octanol–water partition coefficient (Wildman–Crippen LogP) is 4.02. The first-order valence-electron chi connectivity index (χ1n) is 10.3. The molecule has 0 unspecified atom stereocenters. The molecule has 2 aromatic rings. The molecule has 1 saturated heterocycles. The zero-order valence-corrected chi connectivity index (χ0v) is 18.2. The van der Waals surface area contributed by atoms with Gasteiger partial charge in [0.15, 0.2) is 0 Å². The monoisotopic (exact) mass is 422 g/mol. The van der Waals surface area contributed by atoms with Gasteiger partial charge in [-0.3, -0.25) is 9.59 Å². The molecule has 4 rings (SSSR count). The highest BCUT2D eigenvalue weighted by atomic mass is 32.2. The number of carbonyl (C=O) groups excluding carboxylic acids is 2. The molecule has 2 aliphatic heterocycles. The van der Waals surface area contributed by atoms with Crippen LogP contribution in [-0.2, 0) is 0 Å². The summed E-state index contributed by atoms with van der Waals surface area (Å²) in [6, 6.07) is 13.0. The van der Waals surface area contributed by atoms with E-state index in [0.717, 1.165) is 35.1 Å². The highest BCUT2D eigenvalue weighted by Crippen LogP contribution is 2.41. The van der Waals surface area contributed by atoms with Crippen LogP contribution in [0.5, 0.6) is 0 Å². The molecule has 7 heteroatoms. The normalized spacial score (nSPS) is 15.9. The number of carbonyl (C=O) groups is 2. The molecule has 0 aromatic heterocycles. The van der Waals surface area contributed by atoms with Crippen LogP contribution >= 0.6 is 11.8 Å². The number of hydrogen-bond acceptors (Lipinski definition) is 5. The maximum Gasteiger partial charge on any atom is 0.279 e. The highest BCUT2D eigenvalue weighted by Gasteiger charge is 2.28. The molecule has 1 N–H and O–H groups in total. The van der Waals surface area contributed by atoms with Crippen LogP contribution in [0.25, 0.3) is 0 Å². The molecule has 0 saturated carbocycles.